The smallest absolute Gasteiger partial charge is 0.272 e. The maximum atomic E-state index is 13.4. The molecule has 8 nitrogen and oxygen atoms in total. The Morgan fingerprint density at radius 3 is 2.33 bits per heavy atom. The molecule has 43 heavy (non-hydrogen) atoms. The van der Waals surface area contributed by atoms with Crippen LogP contribution in [0.3, 0.4) is 0 Å². The van der Waals surface area contributed by atoms with Gasteiger partial charge in [-0.3, -0.25) is 14.4 Å². The number of amides is 3. The first-order valence-electron chi connectivity index (χ1n) is 13.2. The first-order chi connectivity index (χ1) is 20.7. The molecule has 0 atom stereocenters. The first-order valence-corrected chi connectivity index (χ1v) is 14.6. The molecular weight excluding hydrogens is 584 g/mol. The summed E-state index contributed by atoms with van der Waals surface area (Å²) in [6.07, 6.45) is 1.63. The van der Waals surface area contributed by atoms with Crippen LogP contribution in [0.1, 0.15) is 15.9 Å². The molecular formula is C33H31ClN4O4S. The van der Waals surface area contributed by atoms with Crippen LogP contribution in [0.2, 0.25) is 5.02 Å². The number of halogens is 1. The van der Waals surface area contributed by atoms with E-state index in [4.69, 9.17) is 16.3 Å². The summed E-state index contributed by atoms with van der Waals surface area (Å²) in [5.74, 6) is -0.514. The van der Waals surface area contributed by atoms with E-state index in [1.807, 2.05) is 55.4 Å². The fourth-order valence-corrected chi connectivity index (χ4v) is 4.88. The Morgan fingerprint density at radius 2 is 1.63 bits per heavy atom. The largest absolute Gasteiger partial charge is 0.495 e. The van der Waals surface area contributed by atoms with Gasteiger partial charge in [-0.25, -0.2) is 0 Å². The maximum absolute atomic E-state index is 13.4. The summed E-state index contributed by atoms with van der Waals surface area (Å²) >= 11 is 7.36. The van der Waals surface area contributed by atoms with Gasteiger partial charge in [0.2, 0.25) is 5.91 Å². The Bertz CT molecular complexity index is 1630. The minimum atomic E-state index is -0.492. The van der Waals surface area contributed by atoms with Crippen LogP contribution >= 0.6 is 23.4 Å². The predicted molar refractivity (Wildman–Crippen MR) is 175 cm³/mol. The van der Waals surface area contributed by atoms with Gasteiger partial charge < -0.3 is 25.6 Å². The highest BCUT2D eigenvalue weighted by Crippen LogP contribution is 2.28. The zero-order chi connectivity index (χ0) is 30.8. The lowest BCUT2D eigenvalue weighted by molar-refractivity contribution is -0.114. The average Bonchev–Trinajstić information content (AvgIpc) is 3.00. The molecule has 0 radical (unpaired) electrons. The zero-order valence-electron chi connectivity index (χ0n) is 23.9. The van der Waals surface area contributed by atoms with Crippen LogP contribution in [0.5, 0.6) is 5.75 Å². The lowest BCUT2D eigenvalue weighted by Crippen LogP contribution is -2.30. The van der Waals surface area contributed by atoms with Crippen molar-refractivity contribution in [2.45, 2.75) is 4.90 Å². The van der Waals surface area contributed by atoms with Crippen molar-refractivity contribution in [3.8, 4) is 5.75 Å². The van der Waals surface area contributed by atoms with Crippen molar-refractivity contribution >= 4 is 64.2 Å². The number of thioether (sulfide) groups is 1. The minimum absolute atomic E-state index is 0.0827. The lowest BCUT2D eigenvalue weighted by atomic mass is 10.1. The molecule has 3 N–H and O–H groups in total. The Labute approximate surface area is 260 Å². The molecule has 4 aromatic carbocycles. The predicted octanol–water partition coefficient (Wildman–Crippen LogP) is 6.56. The molecule has 3 amide bonds. The highest BCUT2D eigenvalue weighted by molar-refractivity contribution is 8.00. The monoisotopic (exact) mass is 614 g/mol. The lowest BCUT2D eigenvalue weighted by Gasteiger charge is -2.14. The Morgan fingerprint density at radius 1 is 0.884 bits per heavy atom. The van der Waals surface area contributed by atoms with E-state index in [0.717, 1.165) is 16.1 Å². The molecule has 0 spiro atoms. The number of carbonyl (C=O) groups is 3. The third-order valence-corrected chi connectivity index (χ3v) is 7.38. The summed E-state index contributed by atoms with van der Waals surface area (Å²) in [5, 5.41) is 8.90. The van der Waals surface area contributed by atoms with Gasteiger partial charge >= 0.3 is 0 Å². The second-order valence-corrected chi connectivity index (χ2v) is 11.0. The number of methoxy groups -OCH3 is 1. The van der Waals surface area contributed by atoms with E-state index in [1.54, 1.807) is 66.7 Å². The summed E-state index contributed by atoms with van der Waals surface area (Å²) in [5.41, 5.74) is 3.25. The molecule has 0 aliphatic rings. The quantitative estimate of drug-likeness (QED) is 0.131. The van der Waals surface area contributed by atoms with Gasteiger partial charge in [0.05, 0.1) is 18.6 Å². The molecule has 0 aromatic heterocycles. The van der Waals surface area contributed by atoms with Crippen LogP contribution in [0.25, 0.3) is 6.08 Å². The molecule has 4 rings (SSSR count). The highest BCUT2D eigenvalue weighted by Gasteiger charge is 2.16. The Kier molecular flexibility index (Phi) is 10.9. The SMILES string of the molecule is COc1ccc(Cl)cc1NC(=O)CSc1cccc(NC(=O)/C(=C\c2ccc(N(C)C)cc2)NC(=O)c2ccccc2)c1. The molecule has 0 unspecified atom stereocenters. The Balaban J connectivity index is 1.46. The van der Waals surface area contributed by atoms with E-state index in [0.29, 0.717) is 27.7 Å². The van der Waals surface area contributed by atoms with Crippen molar-refractivity contribution in [3.63, 3.8) is 0 Å². The number of carbonyl (C=O) groups excluding carboxylic acids is 3. The number of nitrogens with one attached hydrogen (secondary N) is 3. The van der Waals surface area contributed by atoms with Crippen LogP contribution in [0.15, 0.2) is 108 Å². The van der Waals surface area contributed by atoms with Crippen molar-refractivity contribution in [2.75, 3.05) is 42.5 Å². The summed E-state index contributed by atoms with van der Waals surface area (Å²) in [6.45, 7) is 0. The second-order valence-electron chi connectivity index (χ2n) is 9.53. The van der Waals surface area contributed by atoms with E-state index >= 15 is 0 Å². The van der Waals surface area contributed by atoms with E-state index in [-0.39, 0.29) is 17.4 Å². The third kappa shape index (κ3) is 9.13. The first kappa shape index (κ1) is 31.2. The number of anilines is 3. The Hall–Kier alpha value is -4.73. The van der Waals surface area contributed by atoms with Gasteiger partial charge in [-0.15, -0.1) is 11.8 Å². The van der Waals surface area contributed by atoms with Gasteiger partial charge in [0, 0.05) is 41.0 Å². The number of hydrogen-bond donors (Lipinski definition) is 3. The van der Waals surface area contributed by atoms with Crippen molar-refractivity contribution in [1.82, 2.24) is 5.32 Å². The van der Waals surface area contributed by atoms with Crippen molar-refractivity contribution in [1.29, 1.82) is 0 Å². The number of hydrogen-bond acceptors (Lipinski definition) is 6. The molecule has 10 heteroatoms. The third-order valence-electron chi connectivity index (χ3n) is 6.15. The van der Waals surface area contributed by atoms with Crippen molar-refractivity contribution < 1.29 is 19.1 Å². The van der Waals surface area contributed by atoms with Crippen LogP contribution < -0.4 is 25.6 Å². The summed E-state index contributed by atoms with van der Waals surface area (Å²) in [7, 11) is 5.40. The fourth-order valence-electron chi connectivity index (χ4n) is 3.95. The molecule has 0 aliphatic carbocycles. The molecule has 0 fully saturated rings. The summed E-state index contributed by atoms with van der Waals surface area (Å²) in [4.78, 5) is 41.7. The molecule has 0 saturated heterocycles. The van der Waals surface area contributed by atoms with Gasteiger partial charge in [-0.05, 0) is 72.3 Å². The number of benzene rings is 4. The van der Waals surface area contributed by atoms with E-state index < -0.39 is 11.8 Å². The van der Waals surface area contributed by atoms with Crippen LogP contribution in [0, 0.1) is 0 Å². The van der Waals surface area contributed by atoms with Crippen LogP contribution in [-0.4, -0.2) is 44.7 Å². The number of ether oxygens (including phenoxy) is 1. The standard InChI is InChI=1S/C33H31ClN4O4S/c1-38(2)26-15-12-22(13-16-26)18-29(37-32(40)23-8-5-4-6-9-23)33(41)35-25-10-7-11-27(20-25)43-21-31(39)36-28-19-24(34)14-17-30(28)42-3/h4-20H,21H2,1-3H3,(H,35,41)(H,36,39)(H,37,40)/b29-18+. The molecule has 4 aromatic rings. The fraction of sp³-hybridized carbons (Fsp3) is 0.121. The number of nitrogens with zero attached hydrogens (tertiary/aromatic N) is 1. The normalized spacial score (nSPS) is 10.9. The second kappa shape index (κ2) is 14.9. The van der Waals surface area contributed by atoms with Gasteiger partial charge in [0.15, 0.2) is 0 Å². The van der Waals surface area contributed by atoms with Gasteiger partial charge in [0.25, 0.3) is 11.8 Å². The molecule has 0 heterocycles. The molecule has 0 saturated carbocycles. The van der Waals surface area contributed by atoms with Gasteiger partial charge in [0.1, 0.15) is 11.4 Å². The summed E-state index contributed by atoms with van der Waals surface area (Å²) in [6, 6.07) is 28.4. The maximum Gasteiger partial charge on any atom is 0.272 e. The van der Waals surface area contributed by atoms with Crippen molar-refractivity contribution in [2.24, 2.45) is 0 Å². The van der Waals surface area contributed by atoms with E-state index in [9.17, 15) is 14.4 Å². The molecule has 220 valence electrons. The molecule has 0 bridgehead atoms. The topological polar surface area (TPSA) is 99.8 Å². The highest BCUT2D eigenvalue weighted by atomic mass is 35.5. The van der Waals surface area contributed by atoms with E-state index in [1.165, 1.54) is 18.9 Å². The number of rotatable bonds is 11. The minimum Gasteiger partial charge on any atom is -0.495 e. The van der Waals surface area contributed by atoms with Gasteiger partial charge in [-0.1, -0.05) is 48.0 Å². The molecule has 0 aliphatic heterocycles. The van der Waals surface area contributed by atoms with Crippen molar-refractivity contribution in [3.05, 3.63) is 119 Å². The van der Waals surface area contributed by atoms with Crippen LogP contribution in [-0.2, 0) is 9.59 Å². The average molecular weight is 615 g/mol. The summed E-state index contributed by atoms with van der Waals surface area (Å²) < 4.78 is 5.28. The zero-order valence-corrected chi connectivity index (χ0v) is 25.5. The van der Waals surface area contributed by atoms with Crippen LogP contribution in [0.4, 0.5) is 17.1 Å². The van der Waals surface area contributed by atoms with E-state index in [2.05, 4.69) is 16.0 Å². The van der Waals surface area contributed by atoms with Gasteiger partial charge in [-0.2, -0.15) is 0 Å².